The van der Waals surface area contributed by atoms with Crippen LogP contribution in [0.3, 0.4) is 0 Å². The maximum absolute atomic E-state index is 10.4. The summed E-state index contributed by atoms with van der Waals surface area (Å²) < 4.78 is 20.9. The molecule has 0 spiro atoms. The van der Waals surface area contributed by atoms with Gasteiger partial charge in [-0.1, -0.05) is 27.7 Å². The Morgan fingerprint density at radius 3 is 1.47 bits per heavy atom. The summed E-state index contributed by atoms with van der Waals surface area (Å²) in [7, 11) is -2.72. The van der Waals surface area contributed by atoms with Crippen LogP contribution in [0.25, 0.3) is 0 Å². The van der Waals surface area contributed by atoms with Crippen LogP contribution < -0.4 is 0 Å². The smallest absolute Gasteiger partial charge is 0.147 e. The van der Waals surface area contributed by atoms with E-state index in [0.29, 0.717) is 11.7 Å². The lowest BCUT2D eigenvalue weighted by Gasteiger charge is -1.98. The van der Waals surface area contributed by atoms with Gasteiger partial charge in [0.1, 0.15) is 15.6 Å². The first-order chi connectivity index (χ1) is 6.54. The van der Waals surface area contributed by atoms with Crippen molar-refractivity contribution in [2.75, 3.05) is 12.0 Å². The van der Waals surface area contributed by atoms with Crippen LogP contribution in [-0.2, 0) is 14.6 Å². The lowest BCUT2D eigenvalue weighted by Crippen LogP contribution is -2.08. The van der Waals surface area contributed by atoms with Crippen molar-refractivity contribution in [3.63, 3.8) is 0 Å². The minimum absolute atomic E-state index is 0.255. The van der Waals surface area contributed by atoms with Gasteiger partial charge >= 0.3 is 0 Å². The second-order valence-electron chi connectivity index (χ2n) is 4.79. The van der Waals surface area contributed by atoms with Crippen LogP contribution in [0.2, 0.25) is 0 Å². The van der Waals surface area contributed by atoms with Crippen molar-refractivity contribution in [3.8, 4) is 0 Å². The van der Waals surface area contributed by atoms with Crippen molar-refractivity contribution in [1.82, 2.24) is 0 Å². The largest absolute Gasteiger partial charge is 0.300 e. The number of ketones is 1. The summed E-state index contributed by atoms with van der Waals surface area (Å²) in [6.45, 7) is 9.49. The molecule has 0 aromatic carbocycles. The molecule has 92 valence electrons. The first-order valence-electron chi connectivity index (χ1n) is 5.21. The summed E-state index contributed by atoms with van der Waals surface area (Å²) >= 11 is 0. The molecule has 0 saturated heterocycles. The number of rotatable bonds is 4. The maximum Gasteiger partial charge on any atom is 0.147 e. The lowest BCUT2D eigenvalue weighted by atomic mass is 10.1. The molecule has 0 unspecified atom stereocenters. The average Bonchev–Trinajstić information content (AvgIpc) is 1.76. The molecular formula is C11H24O3S. The van der Waals surface area contributed by atoms with Gasteiger partial charge in [0.15, 0.2) is 0 Å². The summed E-state index contributed by atoms with van der Waals surface area (Å²) in [6, 6.07) is 0. The Kier molecular flexibility index (Phi) is 8.92. The van der Waals surface area contributed by atoms with Crippen LogP contribution in [0.5, 0.6) is 0 Å². The Balaban J connectivity index is 0. The molecular weight excluding hydrogens is 212 g/mol. The molecule has 3 nitrogen and oxygen atoms in total. The van der Waals surface area contributed by atoms with Gasteiger partial charge in [0, 0.05) is 12.7 Å². The minimum Gasteiger partial charge on any atom is -0.300 e. The van der Waals surface area contributed by atoms with Gasteiger partial charge in [-0.25, -0.2) is 8.42 Å². The molecule has 0 fully saturated rings. The van der Waals surface area contributed by atoms with E-state index in [4.69, 9.17) is 0 Å². The van der Waals surface area contributed by atoms with Gasteiger partial charge in [-0.2, -0.15) is 0 Å². The number of hydrogen-bond acceptors (Lipinski definition) is 3. The zero-order chi connectivity index (χ0) is 12.6. The number of carbonyl (C=O) groups is 1. The number of sulfone groups is 1. The SMILES string of the molecule is CC(=O)CC(C)C.CC(C)CS(C)(=O)=O. The second-order valence-corrected chi connectivity index (χ2v) is 6.97. The summed E-state index contributed by atoms with van der Waals surface area (Å²) in [6.07, 6.45) is 1.98. The third kappa shape index (κ3) is 24.7. The Labute approximate surface area is 94.2 Å². The quantitative estimate of drug-likeness (QED) is 0.752. The highest BCUT2D eigenvalue weighted by atomic mass is 32.2. The molecule has 0 aliphatic carbocycles. The van der Waals surface area contributed by atoms with Crippen molar-refractivity contribution in [2.24, 2.45) is 11.8 Å². The molecule has 0 aromatic heterocycles. The predicted molar refractivity (Wildman–Crippen MR) is 64.7 cm³/mol. The Morgan fingerprint density at radius 2 is 1.47 bits per heavy atom. The first-order valence-corrected chi connectivity index (χ1v) is 7.27. The topological polar surface area (TPSA) is 51.2 Å². The van der Waals surface area contributed by atoms with Gasteiger partial charge in [-0.15, -0.1) is 0 Å². The number of hydrogen-bond donors (Lipinski definition) is 0. The van der Waals surface area contributed by atoms with Gasteiger partial charge in [0.25, 0.3) is 0 Å². The molecule has 0 heterocycles. The Bertz CT molecular complexity index is 264. The Morgan fingerprint density at radius 1 is 1.07 bits per heavy atom. The molecule has 15 heavy (non-hydrogen) atoms. The summed E-state index contributed by atoms with van der Waals surface area (Å²) in [5, 5.41) is 0. The van der Waals surface area contributed by atoms with E-state index in [1.54, 1.807) is 6.92 Å². The molecule has 0 saturated carbocycles. The summed E-state index contributed by atoms with van der Waals surface area (Å²) in [5.41, 5.74) is 0. The van der Waals surface area contributed by atoms with E-state index in [-0.39, 0.29) is 11.7 Å². The highest BCUT2D eigenvalue weighted by molar-refractivity contribution is 7.90. The highest BCUT2D eigenvalue weighted by Gasteiger charge is 2.03. The van der Waals surface area contributed by atoms with E-state index in [1.165, 1.54) is 6.26 Å². The summed E-state index contributed by atoms with van der Waals surface area (Å²) in [4.78, 5) is 10.3. The Hall–Kier alpha value is -0.380. The first kappa shape index (κ1) is 17.0. The molecule has 0 aliphatic heterocycles. The van der Waals surface area contributed by atoms with Gasteiger partial charge in [0.2, 0.25) is 0 Å². The highest BCUT2D eigenvalue weighted by Crippen LogP contribution is 1.97. The van der Waals surface area contributed by atoms with Gasteiger partial charge in [-0.05, 0) is 18.8 Å². The molecule has 0 radical (unpaired) electrons. The van der Waals surface area contributed by atoms with Crippen LogP contribution in [0.1, 0.15) is 41.0 Å². The molecule has 0 aliphatic rings. The third-order valence-corrected chi connectivity index (χ3v) is 2.60. The van der Waals surface area contributed by atoms with Crippen molar-refractivity contribution >= 4 is 15.6 Å². The van der Waals surface area contributed by atoms with Crippen LogP contribution in [0.4, 0.5) is 0 Å². The number of carbonyl (C=O) groups excluding carboxylic acids is 1. The average molecular weight is 236 g/mol. The van der Waals surface area contributed by atoms with Crippen LogP contribution in [-0.4, -0.2) is 26.2 Å². The molecule has 0 atom stereocenters. The van der Waals surface area contributed by atoms with Crippen LogP contribution in [0, 0.1) is 11.8 Å². The fraction of sp³-hybridized carbons (Fsp3) is 0.909. The van der Waals surface area contributed by atoms with E-state index < -0.39 is 9.84 Å². The summed E-state index contributed by atoms with van der Waals surface area (Å²) in [5.74, 6) is 1.37. The van der Waals surface area contributed by atoms with Gasteiger partial charge < -0.3 is 4.79 Å². The minimum atomic E-state index is -2.72. The van der Waals surface area contributed by atoms with E-state index in [9.17, 15) is 13.2 Å². The van der Waals surface area contributed by atoms with Crippen LogP contribution in [0.15, 0.2) is 0 Å². The predicted octanol–water partition coefficient (Wildman–Crippen LogP) is 2.31. The molecule has 0 amide bonds. The van der Waals surface area contributed by atoms with Crippen molar-refractivity contribution in [1.29, 1.82) is 0 Å². The van der Waals surface area contributed by atoms with E-state index in [1.807, 2.05) is 27.7 Å². The fourth-order valence-corrected chi connectivity index (χ4v) is 2.39. The van der Waals surface area contributed by atoms with E-state index >= 15 is 0 Å². The van der Waals surface area contributed by atoms with E-state index in [0.717, 1.165) is 6.42 Å². The molecule has 0 aromatic rings. The zero-order valence-electron chi connectivity index (χ0n) is 10.7. The molecule has 0 rings (SSSR count). The van der Waals surface area contributed by atoms with Crippen molar-refractivity contribution in [2.45, 2.75) is 41.0 Å². The van der Waals surface area contributed by atoms with Crippen molar-refractivity contribution in [3.05, 3.63) is 0 Å². The van der Waals surface area contributed by atoms with Gasteiger partial charge in [-0.3, -0.25) is 0 Å². The molecule has 4 heteroatoms. The lowest BCUT2D eigenvalue weighted by molar-refractivity contribution is -0.117. The fourth-order valence-electron chi connectivity index (χ4n) is 1.18. The monoisotopic (exact) mass is 236 g/mol. The van der Waals surface area contributed by atoms with E-state index in [2.05, 4.69) is 0 Å². The maximum atomic E-state index is 10.4. The third-order valence-electron chi connectivity index (χ3n) is 1.33. The number of Topliss-reactive ketones (excluding diaryl/α,β-unsaturated/α-hetero) is 1. The second kappa shape index (κ2) is 7.85. The molecule has 0 N–H and O–H groups in total. The standard InChI is InChI=1S/C6H12O.C5H12O2S/c1-5(2)4-6(3)7;1-5(2)4-8(3,6)7/h5H,4H2,1-3H3;5H,4H2,1-3H3. The van der Waals surface area contributed by atoms with Crippen molar-refractivity contribution < 1.29 is 13.2 Å². The van der Waals surface area contributed by atoms with Crippen LogP contribution >= 0.6 is 0 Å². The zero-order valence-corrected chi connectivity index (χ0v) is 11.5. The van der Waals surface area contributed by atoms with Gasteiger partial charge in [0.05, 0.1) is 5.75 Å². The molecule has 0 bridgehead atoms. The normalized spacial score (nSPS) is 11.2.